The maximum absolute atomic E-state index is 14.9. The second kappa shape index (κ2) is 10.8. The van der Waals surface area contributed by atoms with Crippen LogP contribution in [0.4, 0.5) is 24.7 Å². The van der Waals surface area contributed by atoms with E-state index in [0.717, 1.165) is 24.8 Å². The summed E-state index contributed by atoms with van der Waals surface area (Å²) in [7, 11) is 0. The van der Waals surface area contributed by atoms with Crippen molar-refractivity contribution in [2.75, 3.05) is 23.6 Å². The number of hydrogen-bond acceptors (Lipinski definition) is 8. The number of benzene rings is 1. The number of carbonyl (C=O) groups excluding carboxylic acids is 2. The largest absolute Gasteiger partial charge is 0.453 e. The number of carbonyl (C=O) groups is 2. The van der Waals surface area contributed by atoms with Crippen molar-refractivity contribution in [3.8, 4) is 22.8 Å². The number of amides is 2. The summed E-state index contributed by atoms with van der Waals surface area (Å²) in [6, 6.07) is 2.05. The highest BCUT2D eigenvalue weighted by molar-refractivity contribution is 6.31. The van der Waals surface area contributed by atoms with Gasteiger partial charge in [-0.2, -0.15) is 5.10 Å². The molecule has 0 bridgehead atoms. The predicted octanol–water partition coefficient (Wildman–Crippen LogP) is 5.04. The number of aromatic nitrogens is 5. The number of ether oxygens (including phenoxy) is 2. The van der Waals surface area contributed by atoms with Gasteiger partial charge in [-0.1, -0.05) is 24.6 Å². The number of fused-ring (bicyclic) bond motifs is 2. The standard InChI is InChI=1S/C29H23ClF3N7O4/c1-2-19-23(38-20(8-34-19)21-16(26(32)33)3-4-18(30)22(21)31)28(41)37-15-7-36-39(11-15)9-14-6-35-27(25-24(14)43-12-44-25)40-10-13-5-17(13)29(40)42/h3-4,6-8,11,13,17,26H,2,5,9-10,12H2,1H3,(H,37,41)/t13-,17-/m1/s1. The first-order chi connectivity index (χ1) is 21.2. The molecule has 3 aromatic heterocycles. The summed E-state index contributed by atoms with van der Waals surface area (Å²) < 4.78 is 55.2. The molecule has 1 aliphatic carbocycles. The molecule has 2 fully saturated rings. The molecular formula is C29H23ClF3N7O4. The molecule has 0 radical (unpaired) electrons. The molecule has 1 N–H and O–H groups in total. The monoisotopic (exact) mass is 625 g/mol. The van der Waals surface area contributed by atoms with E-state index in [1.165, 1.54) is 6.20 Å². The average molecular weight is 626 g/mol. The molecule has 1 aromatic carbocycles. The molecule has 2 amide bonds. The SMILES string of the molecule is CCc1ncc(-c2c(C(F)F)ccc(Cl)c2F)nc1C(=O)Nc1cnn(Cc2cnc(N3C[C@H]4C[C@H]4C3=O)c3c2OCO3)c1. The minimum atomic E-state index is -3.01. The Hall–Kier alpha value is -4.72. The Labute approximate surface area is 253 Å². The lowest BCUT2D eigenvalue weighted by molar-refractivity contribution is -0.118. The van der Waals surface area contributed by atoms with Crippen molar-refractivity contribution in [2.45, 2.75) is 32.7 Å². The number of rotatable bonds is 8. The van der Waals surface area contributed by atoms with E-state index in [2.05, 4.69) is 25.4 Å². The molecule has 226 valence electrons. The number of nitrogens with one attached hydrogen (secondary N) is 1. The highest BCUT2D eigenvalue weighted by Crippen LogP contribution is 2.51. The first kappa shape index (κ1) is 28.1. The number of hydrogen-bond donors (Lipinski definition) is 1. The van der Waals surface area contributed by atoms with Gasteiger partial charge in [-0.15, -0.1) is 0 Å². The van der Waals surface area contributed by atoms with Crippen molar-refractivity contribution in [3.05, 3.63) is 70.3 Å². The van der Waals surface area contributed by atoms with Crippen LogP contribution in [0.15, 0.2) is 36.9 Å². The van der Waals surface area contributed by atoms with E-state index in [0.29, 0.717) is 47.5 Å². The topological polar surface area (TPSA) is 124 Å². The average Bonchev–Trinajstić information content (AvgIpc) is 3.29. The number of piperidine rings is 1. The van der Waals surface area contributed by atoms with Gasteiger partial charge in [0.25, 0.3) is 12.3 Å². The van der Waals surface area contributed by atoms with Crippen LogP contribution in [0.2, 0.25) is 5.02 Å². The molecule has 2 atom stereocenters. The molecule has 2 aliphatic heterocycles. The molecule has 3 aliphatic rings. The summed E-state index contributed by atoms with van der Waals surface area (Å²) in [5.74, 6) is 0.0533. The molecule has 1 saturated carbocycles. The zero-order chi connectivity index (χ0) is 30.7. The van der Waals surface area contributed by atoms with Crippen LogP contribution in [-0.2, 0) is 17.8 Å². The van der Waals surface area contributed by atoms with Crippen LogP contribution in [0.5, 0.6) is 11.5 Å². The van der Waals surface area contributed by atoms with Crippen molar-refractivity contribution < 1.29 is 32.2 Å². The highest BCUT2D eigenvalue weighted by Gasteiger charge is 2.53. The zero-order valence-electron chi connectivity index (χ0n) is 23.1. The summed E-state index contributed by atoms with van der Waals surface area (Å²) in [6.07, 6.45) is 3.95. The maximum Gasteiger partial charge on any atom is 0.276 e. The number of nitrogens with zero attached hydrogens (tertiary/aromatic N) is 6. The second-order valence-electron chi connectivity index (χ2n) is 10.6. The minimum Gasteiger partial charge on any atom is -0.453 e. The van der Waals surface area contributed by atoms with Crippen LogP contribution in [0.3, 0.4) is 0 Å². The van der Waals surface area contributed by atoms with Crippen LogP contribution in [-0.4, -0.2) is 49.9 Å². The van der Waals surface area contributed by atoms with Crippen LogP contribution in [0, 0.1) is 17.7 Å². The van der Waals surface area contributed by atoms with Gasteiger partial charge in [0.1, 0.15) is 0 Å². The van der Waals surface area contributed by atoms with E-state index in [1.807, 2.05) is 0 Å². The van der Waals surface area contributed by atoms with Crippen molar-refractivity contribution in [1.29, 1.82) is 0 Å². The Morgan fingerprint density at radius 2 is 2.00 bits per heavy atom. The Bertz CT molecular complexity index is 1830. The molecular weight excluding hydrogens is 603 g/mol. The van der Waals surface area contributed by atoms with E-state index < -0.39 is 29.3 Å². The van der Waals surface area contributed by atoms with Crippen molar-refractivity contribution >= 4 is 34.9 Å². The van der Waals surface area contributed by atoms with Gasteiger partial charge >= 0.3 is 0 Å². The third-order valence-corrected chi connectivity index (χ3v) is 8.16. The second-order valence-corrected chi connectivity index (χ2v) is 11.0. The van der Waals surface area contributed by atoms with Gasteiger partial charge in [0.2, 0.25) is 18.4 Å². The van der Waals surface area contributed by atoms with Gasteiger partial charge in [-0.05, 0) is 24.8 Å². The minimum absolute atomic E-state index is 0.00587. The van der Waals surface area contributed by atoms with Gasteiger partial charge in [-0.25, -0.2) is 23.1 Å². The van der Waals surface area contributed by atoms with Crippen LogP contribution in [0.1, 0.15) is 47.1 Å². The van der Waals surface area contributed by atoms with Gasteiger partial charge in [0, 0.05) is 41.5 Å². The fraction of sp³-hybridized carbons (Fsp3) is 0.310. The lowest BCUT2D eigenvalue weighted by atomic mass is 10.0. The van der Waals surface area contributed by atoms with Gasteiger partial charge in [0.05, 0.1) is 41.0 Å². The predicted molar refractivity (Wildman–Crippen MR) is 150 cm³/mol. The van der Waals surface area contributed by atoms with Crippen molar-refractivity contribution in [3.63, 3.8) is 0 Å². The lowest BCUT2D eigenvalue weighted by Crippen LogP contribution is -2.29. The third kappa shape index (κ3) is 4.78. The van der Waals surface area contributed by atoms with Gasteiger partial charge in [-0.3, -0.25) is 24.2 Å². The van der Waals surface area contributed by atoms with Crippen molar-refractivity contribution in [1.82, 2.24) is 24.7 Å². The number of alkyl halides is 2. The summed E-state index contributed by atoms with van der Waals surface area (Å²) in [5.41, 5.74) is -0.296. The van der Waals surface area contributed by atoms with Gasteiger partial charge < -0.3 is 14.8 Å². The van der Waals surface area contributed by atoms with E-state index >= 15 is 0 Å². The normalized spacial score (nSPS) is 18.2. The fourth-order valence-electron chi connectivity index (χ4n) is 5.57. The Morgan fingerprint density at radius 3 is 2.75 bits per heavy atom. The number of anilines is 2. The van der Waals surface area contributed by atoms with Crippen molar-refractivity contribution in [2.24, 2.45) is 11.8 Å². The number of pyridine rings is 1. The van der Waals surface area contributed by atoms with Crippen LogP contribution in [0.25, 0.3) is 11.3 Å². The Morgan fingerprint density at radius 1 is 1.18 bits per heavy atom. The van der Waals surface area contributed by atoms with Crippen LogP contribution >= 0.6 is 11.6 Å². The molecule has 1 saturated heterocycles. The highest BCUT2D eigenvalue weighted by atomic mass is 35.5. The smallest absolute Gasteiger partial charge is 0.276 e. The quantitative estimate of drug-likeness (QED) is 0.289. The molecule has 44 heavy (non-hydrogen) atoms. The maximum atomic E-state index is 14.9. The first-order valence-corrected chi connectivity index (χ1v) is 14.2. The molecule has 11 nitrogen and oxygen atoms in total. The molecule has 15 heteroatoms. The van der Waals surface area contributed by atoms with Crippen LogP contribution < -0.4 is 19.7 Å². The molecule has 5 heterocycles. The van der Waals surface area contributed by atoms with E-state index in [4.69, 9.17) is 21.1 Å². The molecule has 4 aromatic rings. The van der Waals surface area contributed by atoms with E-state index in [9.17, 15) is 22.8 Å². The zero-order valence-corrected chi connectivity index (χ0v) is 23.8. The summed E-state index contributed by atoms with van der Waals surface area (Å²) >= 11 is 5.86. The summed E-state index contributed by atoms with van der Waals surface area (Å²) in [5, 5.41) is 6.62. The summed E-state index contributed by atoms with van der Waals surface area (Å²) in [6.45, 7) is 2.57. The summed E-state index contributed by atoms with van der Waals surface area (Å²) in [4.78, 5) is 40.5. The Balaban J connectivity index is 1.11. The third-order valence-electron chi connectivity index (χ3n) is 7.87. The molecule has 0 unspecified atom stereocenters. The van der Waals surface area contributed by atoms with Gasteiger partial charge in [0.15, 0.2) is 23.1 Å². The van der Waals surface area contributed by atoms with E-state index in [-0.39, 0.29) is 47.3 Å². The number of halogens is 4. The molecule has 7 rings (SSSR count). The lowest BCUT2D eigenvalue weighted by Gasteiger charge is -2.19. The first-order valence-electron chi connectivity index (χ1n) is 13.8. The molecule has 0 spiro atoms. The number of aryl methyl sites for hydroxylation is 1. The fourth-order valence-corrected chi connectivity index (χ4v) is 5.73. The van der Waals surface area contributed by atoms with E-state index in [1.54, 1.807) is 28.9 Å². The Kier molecular flexibility index (Phi) is 6.87.